The maximum Gasteiger partial charge on any atom is 0.232 e. The summed E-state index contributed by atoms with van der Waals surface area (Å²) in [6.07, 6.45) is 2.76. The lowest BCUT2D eigenvalue weighted by Gasteiger charge is -2.41. The smallest absolute Gasteiger partial charge is 0.232 e. The predicted octanol–water partition coefficient (Wildman–Crippen LogP) is 2.16. The van der Waals surface area contributed by atoms with Crippen molar-refractivity contribution in [3.05, 3.63) is 35.6 Å². The van der Waals surface area contributed by atoms with Gasteiger partial charge in [-0.15, -0.1) is 0 Å². The van der Waals surface area contributed by atoms with Gasteiger partial charge in [-0.25, -0.2) is 4.39 Å². The number of rotatable bonds is 3. The number of amides is 1. The standard InChI is InChI=1S/C19H27FN2O2/c1-19(2,14-6-3-4-7-15(14)20)18(24)22-12-10-21(11-13-22)16-8-5-9-17(16)23/h3-4,6-7,16-17,23H,5,8-13H2,1-2H3/t16-,17+/m1/s1. The van der Waals surface area contributed by atoms with Crippen LogP contribution in [0.4, 0.5) is 4.39 Å². The fourth-order valence-corrected chi connectivity index (χ4v) is 4.08. The van der Waals surface area contributed by atoms with Crippen LogP contribution in [0.3, 0.4) is 0 Å². The van der Waals surface area contributed by atoms with Gasteiger partial charge in [-0.1, -0.05) is 18.2 Å². The Balaban J connectivity index is 1.65. The van der Waals surface area contributed by atoms with Crippen molar-refractivity contribution >= 4 is 5.91 Å². The van der Waals surface area contributed by atoms with Crippen molar-refractivity contribution in [1.29, 1.82) is 0 Å². The lowest BCUT2D eigenvalue weighted by atomic mass is 9.82. The van der Waals surface area contributed by atoms with Crippen LogP contribution >= 0.6 is 0 Å². The zero-order chi connectivity index (χ0) is 17.3. The summed E-state index contributed by atoms with van der Waals surface area (Å²) in [5.74, 6) is -0.359. The molecule has 0 radical (unpaired) electrons. The summed E-state index contributed by atoms with van der Waals surface area (Å²) in [5.41, 5.74) is -0.427. The van der Waals surface area contributed by atoms with E-state index in [1.807, 2.05) is 4.90 Å². The number of aliphatic hydroxyl groups is 1. The number of nitrogens with zero attached hydrogens (tertiary/aromatic N) is 2. The van der Waals surface area contributed by atoms with Gasteiger partial charge in [0.25, 0.3) is 0 Å². The molecule has 1 aliphatic carbocycles. The summed E-state index contributed by atoms with van der Waals surface area (Å²) in [6.45, 7) is 6.42. The van der Waals surface area contributed by atoms with Gasteiger partial charge in [0.05, 0.1) is 11.5 Å². The molecule has 1 saturated carbocycles. The van der Waals surface area contributed by atoms with Gasteiger partial charge in [-0.2, -0.15) is 0 Å². The third-order valence-corrected chi connectivity index (χ3v) is 5.60. The minimum Gasteiger partial charge on any atom is -0.391 e. The Hall–Kier alpha value is -1.46. The highest BCUT2D eigenvalue weighted by atomic mass is 19.1. The Kier molecular flexibility index (Phi) is 4.92. The minimum atomic E-state index is -0.875. The highest BCUT2D eigenvalue weighted by molar-refractivity contribution is 5.87. The largest absolute Gasteiger partial charge is 0.391 e. The lowest BCUT2D eigenvalue weighted by Crippen LogP contribution is -2.56. The summed E-state index contributed by atoms with van der Waals surface area (Å²) in [4.78, 5) is 17.1. The molecule has 1 heterocycles. The van der Waals surface area contributed by atoms with Gasteiger partial charge in [0.2, 0.25) is 5.91 Å². The average Bonchev–Trinajstić information content (AvgIpc) is 3.00. The van der Waals surface area contributed by atoms with Gasteiger partial charge in [0.1, 0.15) is 5.82 Å². The first-order valence-electron chi connectivity index (χ1n) is 8.88. The van der Waals surface area contributed by atoms with Crippen LogP contribution in [0, 0.1) is 5.82 Å². The summed E-state index contributed by atoms with van der Waals surface area (Å²) >= 11 is 0. The number of carbonyl (C=O) groups is 1. The normalized spacial score (nSPS) is 25.9. The zero-order valence-corrected chi connectivity index (χ0v) is 14.5. The van der Waals surface area contributed by atoms with E-state index in [2.05, 4.69) is 4.90 Å². The van der Waals surface area contributed by atoms with Crippen molar-refractivity contribution in [2.75, 3.05) is 26.2 Å². The Labute approximate surface area is 143 Å². The molecule has 2 atom stereocenters. The maximum atomic E-state index is 14.1. The second kappa shape index (κ2) is 6.81. The predicted molar refractivity (Wildman–Crippen MR) is 91.2 cm³/mol. The first-order chi connectivity index (χ1) is 11.4. The number of aliphatic hydroxyl groups excluding tert-OH is 1. The molecular weight excluding hydrogens is 307 g/mol. The molecule has 1 aromatic rings. The summed E-state index contributed by atoms with van der Waals surface area (Å²) in [7, 11) is 0. The van der Waals surface area contributed by atoms with Gasteiger partial charge < -0.3 is 10.0 Å². The molecular formula is C19H27FN2O2. The molecule has 3 rings (SSSR count). The van der Waals surface area contributed by atoms with E-state index < -0.39 is 5.41 Å². The van der Waals surface area contributed by atoms with E-state index >= 15 is 0 Å². The third kappa shape index (κ3) is 3.20. The number of halogens is 1. The van der Waals surface area contributed by atoms with Crippen LogP contribution in [0.15, 0.2) is 24.3 Å². The monoisotopic (exact) mass is 334 g/mol. The zero-order valence-electron chi connectivity index (χ0n) is 14.5. The fourth-order valence-electron chi connectivity index (χ4n) is 4.08. The molecule has 0 aromatic heterocycles. The van der Waals surface area contributed by atoms with Crippen molar-refractivity contribution in [1.82, 2.24) is 9.80 Å². The Bertz CT molecular complexity index is 597. The third-order valence-electron chi connectivity index (χ3n) is 5.60. The van der Waals surface area contributed by atoms with Crippen molar-refractivity contribution in [3.63, 3.8) is 0 Å². The topological polar surface area (TPSA) is 43.8 Å². The average molecular weight is 334 g/mol. The van der Waals surface area contributed by atoms with E-state index in [1.165, 1.54) is 6.07 Å². The molecule has 132 valence electrons. The highest BCUT2D eigenvalue weighted by Gasteiger charge is 2.38. The second-order valence-electron chi connectivity index (χ2n) is 7.50. The number of hydrogen-bond donors (Lipinski definition) is 1. The van der Waals surface area contributed by atoms with E-state index in [4.69, 9.17) is 0 Å². The quantitative estimate of drug-likeness (QED) is 0.921. The highest BCUT2D eigenvalue weighted by Crippen LogP contribution is 2.30. The second-order valence-corrected chi connectivity index (χ2v) is 7.50. The van der Waals surface area contributed by atoms with Crippen molar-refractivity contribution in [2.24, 2.45) is 0 Å². The maximum absolute atomic E-state index is 14.1. The molecule has 1 amide bonds. The SMILES string of the molecule is CC(C)(C(=O)N1CCN([C@@H]2CCC[C@@H]2O)CC1)c1ccccc1F. The van der Waals surface area contributed by atoms with E-state index in [-0.39, 0.29) is 23.9 Å². The molecule has 2 fully saturated rings. The molecule has 24 heavy (non-hydrogen) atoms. The van der Waals surface area contributed by atoms with Gasteiger partial charge >= 0.3 is 0 Å². The number of carbonyl (C=O) groups excluding carboxylic acids is 1. The molecule has 1 N–H and O–H groups in total. The summed E-state index contributed by atoms with van der Waals surface area (Å²) in [5, 5.41) is 10.1. The first-order valence-corrected chi connectivity index (χ1v) is 8.88. The van der Waals surface area contributed by atoms with Crippen LogP contribution in [-0.4, -0.2) is 59.1 Å². The van der Waals surface area contributed by atoms with E-state index in [1.54, 1.807) is 32.0 Å². The Morgan fingerprint density at radius 1 is 1.17 bits per heavy atom. The minimum absolute atomic E-state index is 0.0285. The van der Waals surface area contributed by atoms with E-state index in [0.29, 0.717) is 18.7 Å². The molecule has 1 aliphatic heterocycles. The molecule has 5 heteroatoms. The van der Waals surface area contributed by atoms with E-state index in [0.717, 1.165) is 32.4 Å². The number of piperazine rings is 1. The van der Waals surface area contributed by atoms with Crippen molar-refractivity contribution in [2.45, 2.75) is 50.7 Å². The molecule has 2 aliphatic rings. The van der Waals surface area contributed by atoms with Crippen LogP contribution in [0.2, 0.25) is 0 Å². The van der Waals surface area contributed by atoms with Crippen LogP contribution in [-0.2, 0) is 10.2 Å². The summed E-state index contributed by atoms with van der Waals surface area (Å²) in [6, 6.07) is 6.75. The Morgan fingerprint density at radius 3 is 2.42 bits per heavy atom. The van der Waals surface area contributed by atoms with E-state index in [9.17, 15) is 14.3 Å². The van der Waals surface area contributed by atoms with Crippen LogP contribution < -0.4 is 0 Å². The van der Waals surface area contributed by atoms with Gasteiger partial charge in [-0.05, 0) is 39.2 Å². The van der Waals surface area contributed by atoms with Gasteiger partial charge in [-0.3, -0.25) is 9.69 Å². The Morgan fingerprint density at radius 2 is 1.83 bits per heavy atom. The van der Waals surface area contributed by atoms with Crippen molar-refractivity contribution < 1.29 is 14.3 Å². The number of benzene rings is 1. The molecule has 0 bridgehead atoms. The van der Waals surface area contributed by atoms with Gasteiger partial charge in [0.15, 0.2) is 0 Å². The first kappa shape index (κ1) is 17.4. The fraction of sp³-hybridized carbons (Fsp3) is 0.632. The molecule has 0 unspecified atom stereocenters. The van der Waals surface area contributed by atoms with Crippen molar-refractivity contribution in [3.8, 4) is 0 Å². The van der Waals surface area contributed by atoms with Crippen LogP contribution in [0.1, 0.15) is 38.7 Å². The molecule has 0 spiro atoms. The molecule has 1 saturated heterocycles. The molecule has 1 aromatic carbocycles. The van der Waals surface area contributed by atoms with Crippen LogP contribution in [0.5, 0.6) is 0 Å². The summed E-state index contributed by atoms with van der Waals surface area (Å²) < 4.78 is 14.1. The van der Waals surface area contributed by atoms with Gasteiger partial charge in [0, 0.05) is 37.8 Å². The van der Waals surface area contributed by atoms with Crippen LogP contribution in [0.25, 0.3) is 0 Å². The molecule has 4 nitrogen and oxygen atoms in total. The number of hydrogen-bond acceptors (Lipinski definition) is 3. The lowest BCUT2D eigenvalue weighted by molar-refractivity contribution is -0.138.